The Balaban J connectivity index is 1.40. The van der Waals surface area contributed by atoms with E-state index in [4.69, 9.17) is 4.74 Å². The van der Waals surface area contributed by atoms with E-state index in [0.717, 1.165) is 23.3 Å². The first-order valence-corrected chi connectivity index (χ1v) is 9.33. The zero-order valence-corrected chi connectivity index (χ0v) is 16.5. The van der Waals surface area contributed by atoms with Gasteiger partial charge in [0.05, 0.1) is 6.61 Å². The van der Waals surface area contributed by atoms with E-state index in [1.165, 1.54) is 15.9 Å². The number of amides is 1. The van der Waals surface area contributed by atoms with E-state index in [1.807, 2.05) is 36.4 Å². The average Bonchev–Trinajstić information content (AvgIpc) is 3.14. The van der Waals surface area contributed by atoms with Crippen molar-refractivity contribution >= 4 is 5.91 Å². The first kappa shape index (κ1) is 19.5. The second-order valence-corrected chi connectivity index (χ2v) is 6.77. The van der Waals surface area contributed by atoms with E-state index in [9.17, 15) is 4.79 Å². The lowest BCUT2D eigenvalue weighted by molar-refractivity contribution is -0.122. The molecule has 0 saturated heterocycles. The van der Waals surface area contributed by atoms with Gasteiger partial charge in [0.1, 0.15) is 12.3 Å². The van der Waals surface area contributed by atoms with Gasteiger partial charge in [-0.2, -0.15) is 4.80 Å². The van der Waals surface area contributed by atoms with E-state index in [-0.39, 0.29) is 12.5 Å². The van der Waals surface area contributed by atoms with Crippen LogP contribution in [-0.2, 0) is 11.3 Å². The Kier molecular flexibility index (Phi) is 6.37. The summed E-state index contributed by atoms with van der Waals surface area (Å²) in [6.07, 6.45) is 0.720. The standard InChI is InChI=1S/C21H25N5O2/c1-15-12-16(2)17(3)19(13-15)28-11-7-10-22-20(27)14-26-24-21(23-25-26)18-8-5-4-6-9-18/h4-6,8-9,12-13H,7,10-11,14H2,1-3H3,(H,22,27). The van der Waals surface area contributed by atoms with Gasteiger partial charge in [0.15, 0.2) is 0 Å². The number of rotatable bonds is 8. The third-order valence-corrected chi connectivity index (χ3v) is 4.43. The third-order valence-electron chi connectivity index (χ3n) is 4.43. The van der Waals surface area contributed by atoms with Crippen molar-refractivity contribution in [3.8, 4) is 17.1 Å². The van der Waals surface area contributed by atoms with Crippen LogP contribution in [-0.4, -0.2) is 39.3 Å². The quantitative estimate of drug-likeness (QED) is 0.609. The first-order valence-electron chi connectivity index (χ1n) is 9.33. The Hall–Kier alpha value is -3.22. The summed E-state index contributed by atoms with van der Waals surface area (Å²) in [6.45, 7) is 7.31. The van der Waals surface area contributed by atoms with E-state index >= 15 is 0 Å². The van der Waals surface area contributed by atoms with Crippen LogP contribution in [0, 0.1) is 20.8 Å². The number of nitrogens with one attached hydrogen (secondary N) is 1. The number of nitrogens with zero attached hydrogens (tertiary/aromatic N) is 4. The van der Waals surface area contributed by atoms with Gasteiger partial charge in [-0.3, -0.25) is 4.79 Å². The molecule has 2 aromatic carbocycles. The molecule has 0 atom stereocenters. The molecule has 7 nitrogen and oxygen atoms in total. The number of carbonyl (C=O) groups is 1. The van der Waals surface area contributed by atoms with Crippen molar-refractivity contribution in [1.29, 1.82) is 0 Å². The fourth-order valence-electron chi connectivity index (χ4n) is 2.83. The van der Waals surface area contributed by atoms with E-state index in [2.05, 4.69) is 47.6 Å². The summed E-state index contributed by atoms with van der Waals surface area (Å²) in [5.74, 6) is 1.26. The summed E-state index contributed by atoms with van der Waals surface area (Å²) in [5, 5.41) is 15.0. The van der Waals surface area contributed by atoms with Crippen LogP contribution in [0.1, 0.15) is 23.1 Å². The highest BCUT2D eigenvalue weighted by atomic mass is 16.5. The highest BCUT2D eigenvalue weighted by Crippen LogP contribution is 2.23. The molecular formula is C21H25N5O2. The third kappa shape index (κ3) is 5.16. The predicted molar refractivity (Wildman–Crippen MR) is 107 cm³/mol. The molecule has 0 aliphatic rings. The van der Waals surface area contributed by atoms with E-state index < -0.39 is 0 Å². The maximum atomic E-state index is 12.1. The second-order valence-electron chi connectivity index (χ2n) is 6.77. The van der Waals surface area contributed by atoms with Crippen molar-refractivity contribution in [3.05, 3.63) is 59.2 Å². The summed E-state index contributed by atoms with van der Waals surface area (Å²) in [4.78, 5) is 13.4. The molecule has 0 saturated carbocycles. The van der Waals surface area contributed by atoms with Crippen LogP contribution >= 0.6 is 0 Å². The smallest absolute Gasteiger partial charge is 0.243 e. The lowest BCUT2D eigenvalue weighted by Crippen LogP contribution is -2.30. The number of hydrogen-bond donors (Lipinski definition) is 1. The van der Waals surface area contributed by atoms with Crippen LogP contribution in [0.5, 0.6) is 5.75 Å². The van der Waals surface area contributed by atoms with Crippen molar-refractivity contribution in [3.63, 3.8) is 0 Å². The molecule has 1 amide bonds. The fourth-order valence-corrected chi connectivity index (χ4v) is 2.83. The summed E-state index contributed by atoms with van der Waals surface area (Å²) in [6, 6.07) is 13.7. The summed E-state index contributed by atoms with van der Waals surface area (Å²) in [5.41, 5.74) is 4.43. The summed E-state index contributed by atoms with van der Waals surface area (Å²) in [7, 11) is 0. The van der Waals surface area contributed by atoms with Crippen LogP contribution in [0.3, 0.4) is 0 Å². The average molecular weight is 379 g/mol. The monoisotopic (exact) mass is 379 g/mol. The van der Waals surface area contributed by atoms with Crippen molar-refractivity contribution < 1.29 is 9.53 Å². The van der Waals surface area contributed by atoms with Gasteiger partial charge in [0, 0.05) is 12.1 Å². The Morgan fingerprint density at radius 3 is 2.71 bits per heavy atom. The Bertz CT molecular complexity index is 937. The van der Waals surface area contributed by atoms with Crippen molar-refractivity contribution in [2.45, 2.75) is 33.7 Å². The van der Waals surface area contributed by atoms with Crippen LogP contribution in [0.4, 0.5) is 0 Å². The van der Waals surface area contributed by atoms with Crippen molar-refractivity contribution in [1.82, 2.24) is 25.5 Å². The minimum Gasteiger partial charge on any atom is -0.493 e. The van der Waals surface area contributed by atoms with Gasteiger partial charge in [-0.15, -0.1) is 10.2 Å². The molecule has 3 aromatic rings. The SMILES string of the molecule is Cc1cc(C)c(C)c(OCCCNC(=O)Cn2nnc(-c3ccccc3)n2)c1. The maximum Gasteiger partial charge on any atom is 0.243 e. The molecule has 0 aliphatic carbocycles. The predicted octanol–water partition coefficient (Wildman–Crippen LogP) is 2.85. The molecule has 146 valence electrons. The molecule has 3 rings (SSSR count). The van der Waals surface area contributed by atoms with Crippen LogP contribution in [0.2, 0.25) is 0 Å². The van der Waals surface area contributed by atoms with Gasteiger partial charge in [-0.25, -0.2) is 0 Å². The summed E-state index contributed by atoms with van der Waals surface area (Å²) < 4.78 is 5.86. The van der Waals surface area contributed by atoms with Crippen molar-refractivity contribution in [2.24, 2.45) is 0 Å². The minimum absolute atomic E-state index is 0.0386. The lowest BCUT2D eigenvalue weighted by atomic mass is 10.1. The largest absolute Gasteiger partial charge is 0.493 e. The normalized spacial score (nSPS) is 10.7. The number of hydrogen-bond acceptors (Lipinski definition) is 5. The van der Waals surface area contributed by atoms with Crippen LogP contribution in [0.15, 0.2) is 42.5 Å². The zero-order chi connectivity index (χ0) is 19.9. The summed E-state index contributed by atoms with van der Waals surface area (Å²) >= 11 is 0. The molecule has 0 spiro atoms. The minimum atomic E-state index is -0.153. The van der Waals surface area contributed by atoms with Crippen LogP contribution < -0.4 is 10.1 Å². The molecule has 28 heavy (non-hydrogen) atoms. The molecule has 0 fully saturated rings. The highest BCUT2D eigenvalue weighted by molar-refractivity contribution is 5.75. The van der Waals surface area contributed by atoms with Crippen LogP contribution in [0.25, 0.3) is 11.4 Å². The lowest BCUT2D eigenvalue weighted by Gasteiger charge is -2.12. The molecule has 7 heteroatoms. The topological polar surface area (TPSA) is 81.9 Å². The van der Waals surface area contributed by atoms with Gasteiger partial charge in [-0.1, -0.05) is 36.4 Å². The van der Waals surface area contributed by atoms with Crippen molar-refractivity contribution in [2.75, 3.05) is 13.2 Å². The zero-order valence-electron chi connectivity index (χ0n) is 16.5. The molecule has 1 N–H and O–H groups in total. The first-order chi connectivity index (χ1) is 13.5. The van der Waals surface area contributed by atoms with Gasteiger partial charge >= 0.3 is 0 Å². The maximum absolute atomic E-state index is 12.1. The van der Waals surface area contributed by atoms with E-state index in [1.54, 1.807) is 0 Å². The molecule has 0 unspecified atom stereocenters. The fraction of sp³-hybridized carbons (Fsp3) is 0.333. The molecule has 0 aliphatic heterocycles. The number of carbonyl (C=O) groups excluding carboxylic acids is 1. The molecule has 0 bridgehead atoms. The number of tetrazole rings is 1. The highest BCUT2D eigenvalue weighted by Gasteiger charge is 2.09. The number of benzene rings is 2. The Morgan fingerprint density at radius 2 is 1.93 bits per heavy atom. The Labute approximate surface area is 164 Å². The molecule has 1 heterocycles. The van der Waals surface area contributed by atoms with Gasteiger partial charge in [0.25, 0.3) is 0 Å². The van der Waals surface area contributed by atoms with Gasteiger partial charge in [-0.05, 0) is 55.2 Å². The molecule has 1 aromatic heterocycles. The number of ether oxygens (including phenoxy) is 1. The molecular weight excluding hydrogens is 354 g/mol. The second kappa shape index (κ2) is 9.12. The number of aryl methyl sites for hydroxylation is 2. The number of aromatic nitrogens is 4. The van der Waals surface area contributed by atoms with Gasteiger partial charge in [0.2, 0.25) is 11.7 Å². The van der Waals surface area contributed by atoms with E-state index in [0.29, 0.717) is 19.0 Å². The molecule has 0 radical (unpaired) electrons. The Morgan fingerprint density at radius 1 is 1.14 bits per heavy atom. The van der Waals surface area contributed by atoms with Gasteiger partial charge < -0.3 is 10.1 Å².